The number of esters is 2. The third-order valence-electron chi connectivity index (χ3n) is 5.62. The Morgan fingerprint density at radius 2 is 1.95 bits per heavy atom. The molecule has 1 N–H and O–H groups in total. The first kappa shape index (κ1) is 27.3. The molecule has 196 valence electrons. The van der Waals surface area contributed by atoms with Crippen molar-refractivity contribution >= 4 is 74.7 Å². The lowest BCUT2D eigenvalue weighted by Crippen LogP contribution is -2.37. The lowest BCUT2D eigenvalue weighted by Gasteiger charge is -2.32. The van der Waals surface area contributed by atoms with E-state index in [4.69, 9.17) is 32.7 Å². The summed E-state index contributed by atoms with van der Waals surface area (Å²) in [6, 6.07) is 3.33. The maximum Gasteiger partial charge on any atom is 0.309 e. The number of piperidine rings is 1. The van der Waals surface area contributed by atoms with Crippen LogP contribution in [0.5, 0.6) is 0 Å². The summed E-state index contributed by atoms with van der Waals surface area (Å²) in [7, 11) is 0. The van der Waals surface area contributed by atoms with Gasteiger partial charge in [0.2, 0.25) is 0 Å². The van der Waals surface area contributed by atoms with Crippen molar-refractivity contribution in [3.05, 3.63) is 44.2 Å². The largest absolute Gasteiger partial charge is 0.466 e. The Morgan fingerprint density at radius 3 is 2.57 bits per heavy atom. The fourth-order valence-corrected chi connectivity index (χ4v) is 6.17. The summed E-state index contributed by atoms with van der Waals surface area (Å²) in [5, 5.41) is 5.80. The molecule has 0 unspecified atom stereocenters. The number of halogens is 2. The van der Waals surface area contributed by atoms with E-state index < -0.39 is 11.9 Å². The highest BCUT2D eigenvalue weighted by Crippen LogP contribution is 2.37. The summed E-state index contributed by atoms with van der Waals surface area (Å²) in [6.45, 7) is 4.75. The third kappa shape index (κ3) is 6.78. The van der Waals surface area contributed by atoms with Crippen molar-refractivity contribution in [2.24, 2.45) is 5.92 Å². The maximum atomic E-state index is 12.9. The van der Waals surface area contributed by atoms with Gasteiger partial charge < -0.3 is 14.4 Å². The van der Waals surface area contributed by atoms with Gasteiger partial charge in [-0.05, 0) is 31.9 Å². The highest BCUT2D eigenvalue weighted by molar-refractivity contribution is 7.17. The van der Waals surface area contributed by atoms with E-state index in [0.717, 1.165) is 4.88 Å². The lowest BCUT2D eigenvalue weighted by atomic mass is 9.97. The van der Waals surface area contributed by atoms with Crippen molar-refractivity contribution < 1.29 is 23.9 Å². The van der Waals surface area contributed by atoms with Crippen molar-refractivity contribution in [2.75, 3.05) is 29.9 Å². The Balaban J connectivity index is 1.45. The number of ether oxygens (including phenoxy) is 2. The number of thiazole rings is 1. The summed E-state index contributed by atoms with van der Waals surface area (Å²) < 4.78 is 10.3. The third-order valence-corrected chi connectivity index (χ3v) is 8.13. The van der Waals surface area contributed by atoms with Gasteiger partial charge >= 0.3 is 11.9 Å². The lowest BCUT2D eigenvalue weighted by molar-refractivity contribution is -0.148. The van der Waals surface area contributed by atoms with E-state index in [1.807, 2.05) is 4.90 Å². The molecule has 1 amide bonds. The van der Waals surface area contributed by atoms with E-state index in [-0.39, 0.29) is 24.1 Å². The second kappa shape index (κ2) is 12.2. The van der Waals surface area contributed by atoms with Crippen LogP contribution in [0.25, 0.3) is 10.6 Å². The SMILES string of the molecule is CCOC(=O)C1CCN(c2ncc(C(=O)Nc3nc(-c4cc(Cl)cs4)c(COC(C)=O)s3)cc2Cl)CC1. The second-order valence-electron chi connectivity index (χ2n) is 8.20. The zero-order chi connectivity index (χ0) is 26.5. The zero-order valence-electron chi connectivity index (χ0n) is 20.1. The van der Waals surface area contributed by atoms with E-state index >= 15 is 0 Å². The summed E-state index contributed by atoms with van der Waals surface area (Å²) in [6.07, 6.45) is 2.76. The molecule has 1 saturated heterocycles. The average Bonchev–Trinajstić information content (AvgIpc) is 3.48. The van der Waals surface area contributed by atoms with Crippen molar-refractivity contribution in [1.82, 2.24) is 9.97 Å². The summed E-state index contributed by atoms with van der Waals surface area (Å²) in [5.41, 5.74) is 0.865. The van der Waals surface area contributed by atoms with Crippen LogP contribution in [0.1, 0.15) is 41.9 Å². The van der Waals surface area contributed by atoms with Gasteiger partial charge in [-0.2, -0.15) is 0 Å². The van der Waals surface area contributed by atoms with Crippen LogP contribution in [0.4, 0.5) is 10.9 Å². The average molecular weight is 584 g/mol. The molecule has 0 saturated carbocycles. The number of pyridine rings is 1. The molecule has 1 aliphatic rings. The monoisotopic (exact) mass is 582 g/mol. The van der Waals surface area contributed by atoms with Crippen molar-refractivity contribution in [3.63, 3.8) is 0 Å². The van der Waals surface area contributed by atoms with E-state index in [9.17, 15) is 14.4 Å². The van der Waals surface area contributed by atoms with Gasteiger partial charge in [-0.25, -0.2) is 9.97 Å². The molecular weight excluding hydrogens is 559 g/mol. The molecule has 4 rings (SSSR count). The predicted molar refractivity (Wildman–Crippen MR) is 145 cm³/mol. The smallest absolute Gasteiger partial charge is 0.309 e. The van der Waals surface area contributed by atoms with Gasteiger partial charge in [0.1, 0.15) is 18.1 Å². The van der Waals surface area contributed by atoms with Gasteiger partial charge in [0.25, 0.3) is 5.91 Å². The molecule has 0 aliphatic carbocycles. The van der Waals surface area contributed by atoms with Crippen molar-refractivity contribution in [2.45, 2.75) is 33.3 Å². The molecule has 0 radical (unpaired) electrons. The first-order valence-corrected chi connectivity index (χ1v) is 14.0. The first-order valence-electron chi connectivity index (χ1n) is 11.5. The van der Waals surface area contributed by atoms with Crippen molar-refractivity contribution in [3.8, 4) is 10.6 Å². The van der Waals surface area contributed by atoms with Crippen molar-refractivity contribution in [1.29, 1.82) is 0 Å². The Bertz CT molecular complexity index is 1300. The number of carbonyl (C=O) groups excluding carboxylic acids is 3. The van der Waals surface area contributed by atoms with Crippen LogP contribution >= 0.6 is 45.9 Å². The van der Waals surface area contributed by atoms with Crippen LogP contribution in [0.2, 0.25) is 10.0 Å². The first-order chi connectivity index (χ1) is 17.7. The van der Waals surface area contributed by atoms with Crippen LogP contribution < -0.4 is 10.2 Å². The van der Waals surface area contributed by atoms with E-state index in [1.165, 1.54) is 35.8 Å². The summed E-state index contributed by atoms with van der Waals surface area (Å²) in [4.78, 5) is 48.7. The number of thiophene rings is 1. The number of hydrogen-bond acceptors (Lipinski definition) is 10. The van der Waals surface area contributed by atoms with Gasteiger partial charge in [0.15, 0.2) is 5.13 Å². The Hall–Kier alpha value is -2.73. The molecule has 1 aliphatic heterocycles. The summed E-state index contributed by atoms with van der Waals surface area (Å²) in [5.74, 6) is -0.572. The number of amides is 1. The number of carbonyl (C=O) groups is 3. The molecule has 0 bridgehead atoms. The number of anilines is 2. The number of nitrogens with one attached hydrogen (secondary N) is 1. The minimum atomic E-state index is -0.425. The van der Waals surface area contributed by atoms with Crippen LogP contribution in [0, 0.1) is 5.92 Å². The van der Waals surface area contributed by atoms with E-state index in [2.05, 4.69) is 15.3 Å². The minimum Gasteiger partial charge on any atom is -0.466 e. The van der Waals surface area contributed by atoms with Gasteiger partial charge in [-0.3, -0.25) is 19.7 Å². The molecule has 0 atom stereocenters. The van der Waals surface area contributed by atoms with Gasteiger partial charge in [0, 0.05) is 31.6 Å². The molecule has 1 fully saturated rings. The normalized spacial score (nSPS) is 13.9. The fraction of sp³-hybridized carbons (Fsp3) is 0.375. The van der Waals surface area contributed by atoms with E-state index in [1.54, 1.807) is 24.4 Å². The highest BCUT2D eigenvalue weighted by Gasteiger charge is 2.28. The quantitative estimate of drug-likeness (QED) is 0.338. The fourth-order valence-electron chi connectivity index (χ4n) is 3.84. The highest BCUT2D eigenvalue weighted by atomic mass is 35.5. The van der Waals surface area contributed by atoms with Crippen LogP contribution in [-0.2, 0) is 25.7 Å². The summed E-state index contributed by atoms with van der Waals surface area (Å²) >= 11 is 15.2. The molecular formula is C24H24Cl2N4O5S2. The Morgan fingerprint density at radius 1 is 1.19 bits per heavy atom. The Kier molecular flexibility index (Phi) is 9.01. The number of rotatable bonds is 8. The molecule has 0 spiro atoms. The van der Waals surface area contributed by atoms with Gasteiger partial charge in [-0.15, -0.1) is 11.3 Å². The molecule has 3 aromatic rings. The Labute approximate surface area is 231 Å². The standard InChI is InChI=1S/C24H24Cl2N4O5S2/c1-3-34-23(33)14-4-6-30(7-5-14)21-17(26)8-15(10-27-21)22(32)29-24-28-20(18-9-16(25)12-36-18)19(37-24)11-35-13(2)31/h8-10,12,14H,3-7,11H2,1-2H3,(H,28,29,32). The van der Waals surface area contributed by atoms with E-state index in [0.29, 0.717) is 64.1 Å². The maximum absolute atomic E-state index is 12.9. The van der Waals surface area contributed by atoms with Crippen LogP contribution in [0.15, 0.2) is 23.7 Å². The van der Waals surface area contributed by atoms with Gasteiger partial charge in [-0.1, -0.05) is 34.5 Å². The molecule has 0 aromatic carbocycles. The van der Waals surface area contributed by atoms with Gasteiger partial charge in [0.05, 0.1) is 37.9 Å². The molecule has 9 nitrogen and oxygen atoms in total. The predicted octanol–water partition coefficient (Wildman–Crippen LogP) is 5.67. The molecule has 3 aromatic heterocycles. The van der Waals surface area contributed by atoms with Crippen LogP contribution in [0.3, 0.4) is 0 Å². The number of nitrogens with zero attached hydrogens (tertiary/aromatic N) is 3. The topological polar surface area (TPSA) is 111 Å². The number of hydrogen-bond donors (Lipinski definition) is 1. The minimum absolute atomic E-state index is 0.0304. The molecule has 4 heterocycles. The number of aromatic nitrogens is 2. The van der Waals surface area contributed by atoms with Crippen LogP contribution in [-0.4, -0.2) is 47.5 Å². The molecule has 37 heavy (non-hydrogen) atoms. The second-order valence-corrected chi connectivity index (χ2v) is 11.0. The zero-order valence-corrected chi connectivity index (χ0v) is 23.2. The molecule has 13 heteroatoms.